The van der Waals surface area contributed by atoms with E-state index in [9.17, 15) is 8.78 Å². The maximum atomic E-state index is 13.5. The molecular formula is C25H19ClF2N2S4. The van der Waals surface area contributed by atoms with E-state index in [1.165, 1.54) is 35.6 Å². The summed E-state index contributed by atoms with van der Waals surface area (Å²) in [6.45, 7) is 2.12. The van der Waals surface area contributed by atoms with Crippen LogP contribution in [0.2, 0.25) is 4.47 Å². The monoisotopic (exact) mass is 548 g/mol. The van der Waals surface area contributed by atoms with Gasteiger partial charge in [0.05, 0.1) is 25.7 Å². The first-order valence-electron chi connectivity index (χ1n) is 10.2. The number of aliphatic imine (C=N–C) groups is 1. The summed E-state index contributed by atoms with van der Waals surface area (Å²) in [4.78, 5) is 11.0. The lowest BCUT2D eigenvalue weighted by atomic mass is 10.2. The van der Waals surface area contributed by atoms with Crippen LogP contribution in [-0.2, 0) is 0 Å². The van der Waals surface area contributed by atoms with Crippen molar-refractivity contribution in [2.75, 3.05) is 0 Å². The van der Waals surface area contributed by atoms with Crippen LogP contribution >= 0.6 is 58.2 Å². The minimum Gasteiger partial charge on any atom is -0.246 e. The summed E-state index contributed by atoms with van der Waals surface area (Å²) in [6.07, 6.45) is 1.75. The second kappa shape index (κ2) is 12.2. The number of thioether (sulfide) groups is 3. The lowest BCUT2D eigenvalue weighted by Gasteiger charge is -2.24. The predicted molar refractivity (Wildman–Crippen MR) is 144 cm³/mol. The molecule has 1 atom stereocenters. The van der Waals surface area contributed by atoms with Crippen molar-refractivity contribution in [3.63, 3.8) is 0 Å². The normalized spacial score (nSPS) is 12.8. The van der Waals surface area contributed by atoms with Gasteiger partial charge in [-0.1, -0.05) is 59.8 Å². The van der Waals surface area contributed by atoms with E-state index < -0.39 is 0 Å². The van der Waals surface area contributed by atoms with Crippen LogP contribution in [0.25, 0.3) is 0 Å². The highest BCUT2D eigenvalue weighted by atomic mass is 35.5. The molecule has 0 radical (unpaired) electrons. The van der Waals surface area contributed by atoms with E-state index in [2.05, 4.69) is 11.9 Å². The van der Waals surface area contributed by atoms with Crippen LogP contribution in [0, 0.1) is 17.6 Å². The number of para-hydroxylation sites is 1. The quantitative estimate of drug-likeness (QED) is 0.0947. The molecule has 0 aliphatic carbocycles. The molecule has 174 valence electrons. The van der Waals surface area contributed by atoms with Crippen molar-refractivity contribution < 1.29 is 8.78 Å². The predicted octanol–water partition coefficient (Wildman–Crippen LogP) is 9.44. The number of halogens is 3. The van der Waals surface area contributed by atoms with E-state index in [0.29, 0.717) is 4.47 Å². The summed E-state index contributed by atoms with van der Waals surface area (Å²) in [5.74, 6) is -0.565. The number of aromatic nitrogens is 1. The Labute approximate surface area is 219 Å². The Hall–Kier alpha value is -1.84. The Balaban J connectivity index is 1.67. The summed E-state index contributed by atoms with van der Waals surface area (Å²) >= 11 is 12.3. The van der Waals surface area contributed by atoms with Crippen molar-refractivity contribution in [1.82, 2.24) is 4.98 Å². The molecule has 0 aliphatic heterocycles. The molecule has 1 heterocycles. The first kappa shape index (κ1) is 25.3. The van der Waals surface area contributed by atoms with Gasteiger partial charge in [0.2, 0.25) is 0 Å². The van der Waals surface area contributed by atoms with Crippen LogP contribution in [0.3, 0.4) is 0 Å². The molecule has 0 spiro atoms. The summed E-state index contributed by atoms with van der Waals surface area (Å²) in [7, 11) is 0. The Morgan fingerprint density at radius 2 is 1.44 bits per heavy atom. The topological polar surface area (TPSA) is 25.2 Å². The maximum absolute atomic E-state index is 13.5. The number of hydrogen-bond donors (Lipinski definition) is 0. The van der Waals surface area contributed by atoms with Gasteiger partial charge in [-0.25, -0.2) is 18.8 Å². The van der Waals surface area contributed by atoms with Gasteiger partial charge in [-0.15, -0.1) is 23.5 Å². The van der Waals surface area contributed by atoms with E-state index in [1.807, 2.05) is 30.3 Å². The van der Waals surface area contributed by atoms with Crippen LogP contribution in [0.15, 0.2) is 104 Å². The molecule has 0 saturated carbocycles. The molecule has 0 fully saturated rings. The van der Waals surface area contributed by atoms with Gasteiger partial charge in [0, 0.05) is 15.7 Å². The summed E-state index contributed by atoms with van der Waals surface area (Å²) in [5, 5.41) is 0.903. The van der Waals surface area contributed by atoms with E-state index in [-0.39, 0.29) is 22.1 Å². The smallest absolute Gasteiger partial charge is 0.184 e. The SMILES string of the molecule is CC(C(=Nc1ccccc1)Sc1cnc(Cl)s1)C(Sc1ccc(F)cc1)Sc1ccc(F)cc1. The second-order valence-corrected chi connectivity index (χ2v) is 12.8. The third-order valence-electron chi connectivity index (χ3n) is 4.59. The zero-order valence-corrected chi connectivity index (χ0v) is 21.9. The van der Waals surface area contributed by atoms with Crippen molar-refractivity contribution in [1.29, 1.82) is 0 Å². The molecular weight excluding hydrogens is 530 g/mol. The van der Waals surface area contributed by atoms with Gasteiger partial charge in [-0.2, -0.15) is 0 Å². The summed E-state index contributed by atoms with van der Waals surface area (Å²) in [5.41, 5.74) is 0.852. The first-order chi connectivity index (χ1) is 16.5. The molecule has 0 bridgehead atoms. The molecule has 9 heteroatoms. The fraction of sp³-hybridized carbons (Fsp3) is 0.120. The van der Waals surface area contributed by atoms with Crippen molar-refractivity contribution >= 4 is 69.0 Å². The van der Waals surface area contributed by atoms with E-state index in [0.717, 1.165) is 24.7 Å². The number of hydrogen-bond acceptors (Lipinski definition) is 6. The minimum atomic E-state index is -0.274. The molecule has 1 aromatic heterocycles. The zero-order valence-electron chi connectivity index (χ0n) is 17.9. The molecule has 0 amide bonds. The van der Waals surface area contributed by atoms with Gasteiger partial charge < -0.3 is 0 Å². The van der Waals surface area contributed by atoms with E-state index in [1.54, 1.807) is 65.7 Å². The number of benzene rings is 3. The van der Waals surface area contributed by atoms with Gasteiger partial charge >= 0.3 is 0 Å². The van der Waals surface area contributed by atoms with Crippen molar-refractivity contribution in [3.05, 3.63) is 101 Å². The largest absolute Gasteiger partial charge is 0.246 e. The molecule has 0 aliphatic rings. The summed E-state index contributed by atoms with van der Waals surface area (Å²) < 4.78 is 28.4. The average molecular weight is 549 g/mol. The molecule has 0 saturated heterocycles. The van der Waals surface area contributed by atoms with Gasteiger partial charge in [0.25, 0.3) is 0 Å². The third kappa shape index (κ3) is 7.33. The van der Waals surface area contributed by atoms with Gasteiger partial charge in [-0.05, 0) is 60.7 Å². The van der Waals surface area contributed by atoms with Crippen LogP contribution in [-0.4, -0.2) is 14.6 Å². The van der Waals surface area contributed by atoms with Crippen LogP contribution in [0.4, 0.5) is 14.5 Å². The van der Waals surface area contributed by atoms with Crippen LogP contribution in [0.5, 0.6) is 0 Å². The molecule has 4 rings (SSSR count). The first-order valence-corrected chi connectivity index (χ1v) is 14.0. The highest BCUT2D eigenvalue weighted by molar-refractivity contribution is 8.18. The van der Waals surface area contributed by atoms with Crippen molar-refractivity contribution in [2.24, 2.45) is 10.9 Å². The second-order valence-electron chi connectivity index (χ2n) is 7.12. The Morgan fingerprint density at radius 3 is 1.94 bits per heavy atom. The van der Waals surface area contributed by atoms with Gasteiger partial charge in [0.1, 0.15) is 11.6 Å². The molecule has 0 N–H and O–H groups in total. The van der Waals surface area contributed by atoms with Crippen molar-refractivity contribution in [2.45, 2.75) is 25.5 Å². The zero-order chi connectivity index (χ0) is 23.9. The molecule has 2 nitrogen and oxygen atoms in total. The number of thiazole rings is 1. The lowest BCUT2D eigenvalue weighted by molar-refractivity contribution is 0.626. The molecule has 1 unspecified atom stereocenters. The van der Waals surface area contributed by atoms with Crippen LogP contribution < -0.4 is 0 Å². The number of rotatable bonds is 8. The average Bonchev–Trinajstić information content (AvgIpc) is 3.25. The van der Waals surface area contributed by atoms with Crippen LogP contribution in [0.1, 0.15) is 6.92 Å². The highest BCUT2D eigenvalue weighted by Gasteiger charge is 2.26. The molecule has 4 aromatic rings. The van der Waals surface area contributed by atoms with Crippen molar-refractivity contribution in [3.8, 4) is 0 Å². The standard InChI is InChI=1S/C25H19ClF2N2S4/c1-16(23(30-19-5-3-2-4-6-19)33-22-15-29-25(26)34-22)24(31-20-11-7-17(27)8-12-20)32-21-13-9-18(28)10-14-21/h2-16,24H,1H3. The Bertz CT molecular complexity index is 1180. The van der Waals surface area contributed by atoms with Gasteiger partial charge in [-0.3, -0.25) is 0 Å². The number of nitrogens with zero attached hydrogens (tertiary/aromatic N) is 2. The van der Waals surface area contributed by atoms with E-state index in [4.69, 9.17) is 16.6 Å². The van der Waals surface area contributed by atoms with E-state index >= 15 is 0 Å². The minimum absolute atomic E-state index is 0.0174. The highest BCUT2D eigenvalue weighted by Crippen LogP contribution is 2.43. The maximum Gasteiger partial charge on any atom is 0.184 e. The fourth-order valence-electron chi connectivity index (χ4n) is 2.88. The molecule has 3 aromatic carbocycles. The van der Waals surface area contributed by atoms with Gasteiger partial charge in [0.15, 0.2) is 4.47 Å². The Morgan fingerprint density at radius 1 is 0.882 bits per heavy atom. The lowest BCUT2D eigenvalue weighted by Crippen LogP contribution is -2.18. The third-order valence-corrected chi connectivity index (χ3v) is 9.92. The fourth-order valence-corrected chi connectivity index (χ4v) is 7.95. The molecule has 34 heavy (non-hydrogen) atoms. The Kier molecular flexibility index (Phi) is 9.08. The summed E-state index contributed by atoms with van der Waals surface area (Å²) in [6, 6.07) is 22.7.